The Morgan fingerprint density at radius 3 is 2.55 bits per heavy atom. The van der Waals surface area contributed by atoms with Gasteiger partial charge in [-0.25, -0.2) is 9.67 Å². The lowest BCUT2D eigenvalue weighted by atomic mass is 10.2. The van der Waals surface area contributed by atoms with Crippen molar-refractivity contribution in [2.24, 2.45) is 7.05 Å². The summed E-state index contributed by atoms with van der Waals surface area (Å²) in [6.07, 6.45) is 2.01. The van der Waals surface area contributed by atoms with E-state index >= 15 is 0 Å². The summed E-state index contributed by atoms with van der Waals surface area (Å²) in [6.45, 7) is 7.48. The summed E-state index contributed by atoms with van der Waals surface area (Å²) in [5.74, 6) is 0.519. The SMILES string of the molecule is CCn1nc(C)c2nc(N)n(Cc3cn(C)nc3C)c21. The Morgan fingerprint density at radius 1 is 1.20 bits per heavy atom. The van der Waals surface area contributed by atoms with Crippen LogP contribution in [0, 0.1) is 13.8 Å². The second-order valence-electron chi connectivity index (χ2n) is 5.04. The summed E-state index contributed by atoms with van der Waals surface area (Å²) >= 11 is 0. The number of imidazole rings is 1. The molecule has 0 saturated carbocycles. The molecule has 3 aromatic rings. The van der Waals surface area contributed by atoms with Crippen LogP contribution in [0.25, 0.3) is 11.2 Å². The fraction of sp³-hybridized carbons (Fsp3) is 0.462. The van der Waals surface area contributed by atoms with Gasteiger partial charge in [0.1, 0.15) is 5.52 Å². The van der Waals surface area contributed by atoms with E-state index in [2.05, 4.69) is 22.1 Å². The number of hydrogen-bond acceptors (Lipinski definition) is 4. The van der Waals surface area contributed by atoms with E-state index in [-0.39, 0.29) is 0 Å². The maximum atomic E-state index is 6.08. The van der Waals surface area contributed by atoms with Gasteiger partial charge in [0.15, 0.2) is 5.65 Å². The van der Waals surface area contributed by atoms with Crippen molar-refractivity contribution in [1.82, 2.24) is 29.1 Å². The molecule has 0 aromatic carbocycles. The topological polar surface area (TPSA) is 79.5 Å². The van der Waals surface area contributed by atoms with Crippen LogP contribution >= 0.6 is 0 Å². The van der Waals surface area contributed by atoms with Crippen molar-refractivity contribution in [3.8, 4) is 0 Å². The van der Waals surface area contributed by atoms with Gasteiger partial charge in [0.2, 0.25) is 5.95 Å². The summed E-state index contributed by atoms with van der Waals surface area (Å²) in [5, 5.41) is 8.87. The predicted octanol–water partition coefficient (Wildman–Crippen LogP) is 1.23. The van der Waals surface area contributed by atoms with Gasteiger partial charge in [0.25, 0.3) is 0 Å². The molecule has 7 heteroatoms. The molecule has 0 aliphatic carbocycles. The fourth-order valence-electron chi connectivity index (χ4n) is 2.59. The van der Waals surface area contributed by atoms with Gasteiger partial charge >= 0.3 is 0 Å². The number of fused-ring (bicyclic) bond motifs is 1. The first kappa shape index (κ1) is 12.7. The Labute approximate surface area is 117 Å². The van der Waals surface area contributed by atoms with Gasteiger partial charge in [0.05, 0.1) is 17.9 Å². The van der Waals surface area contributed by atoms with Gasteiger partial charge in [-0.3, -0.25) is 9.25 Å². The maximum absolute atomic E-state index is 6.08. The van der Waals surface area contributed by atoms with E-state index in [1.54, 1.807) is 0 Å². The van der Waals surface area contributed by atoms with Gasteiger partial charge in [-0.2, -0.15) is 10.2 Å². The molecule has 0 radical (unpaired) electrons. The Bertz CT molecular complexity index is 774. The Balaban J connectivity index is 2.15. The standard InChI is InChI=1S/C13H19N7/c1-5-20-12-11(9(3)17-20)15-13(14)19(12)7-10-6-18(4)16-8(10)2/h6H,5,7H2,1-4H3,(H2,14,15). The molecule has 20 heavy (non-hydrogen) atoms. The van der Waals surface area contributed by atoms with Crippen molar-refractivity contribution < 1.29 is 0 Å². The normalized spacial score (nSPS) is 11.6. The first-order valence-corrected chi connectivity index (χ1v) is 6.69. The van der Waals surface area contributed by atoms with E-state index < -0.39 is 0 Å². The first-order chi connectivity index (χ1) is 9.51. The van der Waals surface area contributed by atoms with Gasteiger partial charge < -0.3 is 5.73 Å². The largest absolute Gasteiger partial charge is 0.369 e. The zero-order chi connectivity index (χ0) is 14.4. The Hall–Kier alpha value is -2.31. The molecule has 106 valence electrons. The van der Waals surface area contributed by atoms with E-state index in [9.17, 15) is 0 Å². The van der Waals surface area contributed by atoms with Crippen LogP contribution in [0.4, 0.5) is 5.95 Å². The molecule has 0 amide bonds. The highest BCUT2D eigenvalue weighted by Crippen LogP contribution is 2.22. The number of anilines is 1. The summed E-state index contributed by atoms with van der Waals surface area (Å²) in [4.78, 5) is 4.44. The number of aryl methyl sites for hydroxylation is 4. The Morgan fingerprint density at radius 2 is 1.95 bits per heavy atom. The molecule has 7 nitrogen and oxygen atoms in total. The molecular formula is C13H19N7. The van der Waals surface area contributed by atoms with E-state index in [0.717, 1.165) is 34.7 Å². The average Bonchev–Trinajstić information content (AvgIpc) is 2.98. The van der Waals surface area contributed by atoms with Crippen LogP contribution in [-0.4, -0.2) is 29.1 Å². The van der Waals surface area contributed by atoms with E-state index in [1.807, 2.05) is 41.0 Å². The van der Waals surface area contributed by atoms with E-state index in [4.69, 9.17) is 5.73 Å². The van der Waals surface area contributed by atoms with Crippen LogP contribution in [0.3, 0.4) is 0 Å². The van der Waals surface area contributed by atoms with E-state index in [0.29, 0.717) is 12.5 Å². The van der Waals surface area contributed by atoms with Crippen LogP contribution in [0.2, 0.25) is 0 Å². The lowest BCUT2D eigenvalue weighted by Gasteiger charge is -2.07. The highest BCUT2D eigenvalue weighted by molar-refractivity contribution is 5.77. The molecule has 3 aromatic heterocycles. The molecule has 0 spiro atoms. The number of aromatic nitrogens is 6. The van der Waals surface area contributed by atoms with Crippen LogP contribution in [0.1, 0.15) is 23.9 Å². The van der Waals surface area contributed by atoms with Crippen molar-refractivity contribution in [1.29, 1.82) is 0 Å². The van der Waals surface area contributed by atoms with Crippen molar-refractivity contribution in [3.63, 3.8) is 0 Å². The third kappa shape index (κ3) is 1.77. The van der Waals surface area contributed by atoms with Crippen molar-refractivity contribution in [3.05, 3.63) is 23.1 Å². The molecule has 0 atom stereocenters. The lowest BCUT2D eigenvalue weighted by molar-refractivity contribution is 0.647. The minimum Gasteiger partial charge on any atom is -0.369 e. The van der Waals surface area contributed by atoms with Crippen molar-refractivity contribution >= 4 is 17.1 Å². The van der Waals surface area contributed by atoms with Gasteiger partial charge in [-0.1, -0.05) is 0 Å². The molecule has 0 aliphatic heterocycles. The summed E-state index contributed by atoms with van der Waals surface area (Å²) in [5.41, 5.74) is 11.0. The average molecular weight is 273 g/mol. The predicted molar refractivity (Wildman–Crippen MR) is 77.4 cm³/mol. The molecule has 3 heterocycles. The highest BCUT2D eigenvalue weighted by Gasteiger charge is 2.17. The molecule has 2 N–H and O–H groups in total. The molecule has 3 rings (SSSR count). The van der Waals surface area contributed by atoms with Crippen LogP contribution in [-0.2, 0) is 20.1 Å². The lowest BCUT2D eigenvalue weighted by Crippen LogP contribution is -2.09. The molecule has 0 unspecified atom stereocenters. The maximum Gasteiger partial charge on any atom is 0.202 e. The summed E-state index contributed by atoms with van der Waals surface area (Å²) < 4.78 is 5.76. The van der Waals surface area contributed by atoms with Gasteiger partial charge in [-0.05, 0) is 20.8 Å². The summed E-state index contributed by atoms with van der Waals surface area (Å²) in [7, 11) is 1.92. The molecule has 0 saturated heterocycles. The molecule has 0 aliphatic rings. The van der Waals surface area contributed by atoms with Gasteiger partial charge in [0, 0.05) is 25.4 Å². The second kappa shape index (κ2) is 4.36. The quantitative estimate of drug-likeness (QED) is 0.778. The van der Waals surface area contributed by atoms with Crippen LogP contribution in [0.5, 0.6) is 0 Å². The number of rotatable bonds is 3. The first-order valence-electron chi connectivity index (χ1n) is 6.69. The summed E-state index contributed by atoms with van der Waals surface area (Å²) in [6, 6.07) is 0. The number of nitrogen functional groups attached to an aromatic ring is 1. The third-order valence-electron chi connectivity index (χ3n) is 3.57. The monoisotopic (exact) mass is 273 g/mol. The molecule has 0 fully saturated rings. The molecule has 0 bridgehead atoms. The van der Waals surface area contributed by atoms with Crippen LogP contribution < -0.4 is 5.73 Å². The van der Waals surface area contributed by atoms with Crippen LogP contribution in [0.15, 0.2) is 6.20 Å². The van der Waals surface area contributed by atoms with Crippen molar-refractivity contribution in [2.45, 2.75) is 33.9 Å². The zero-order valence-electron chi connectivity index (χ0n) is 12.3. The number of hydrogen-bond donors (Lipinski definition) is 1. The number of nitrogens with two attached hydrogens (primary N) is 1. The van der Waals surface area contributed by atoms with Gasteiger partial charge in [-0.15, -0.1) is 0 Å². The molecular weight excluding hydrogens is 254 g/mol. The zero-order valence-corrected chi connectivity index (χ0v) is 12.3. The number of nitrogens with zero attached hydrogens (tertiary/aromatic N) is 6. The third-order valence-corrected chi connectivity index (χ3v) is 3.57. The minimum absolute atomic E-state index is 0.519. The second-order valence-corrected chi connectivity index (χ2v) is 5.04. The smallest absolute Gasteiger partial charge is 0.202 e. The van der Waals surface area contributed by atoms with Crippen molar-refractivity contribution in [2.75, 3.05) is 5.73 Å². The fourth-order valence-corrected chi connectivity index (χ4v) is 2.59. The highest BCUT2D eigenvalue weighted by atomic mass is 15.4. The van der Waals surface area contributed by atoms with E-state index in [1.165, 1.54) is 0 Å². The Kier molecular flexibility index (Phi) is 2.77. The minimum atomic E-state index is 0.519.